The Morgan fingerprint density at radius 2 is 2.27 bits per heavy atom. The van der Waals surface area contributed by atoms with Gasteiger partial charge in [0.15, 0.2) is 0 Å². The molecule has 0 bridgehead atoms. The number of ether oxygens (including phenoxy) is 1. The summed E-state index contributed by atoms with van der Waals surface area (Å²) < 4.78 is 4.68. The van der Waals surface area contributed by atoms with Crippen molar-refractivity contribution >= 4 is 27.8 Å². The normalized spacial score (nSPS) is 22.6. The lowest BCUT2D eigenvalue weighted by atomic mass is 10.2. The van der Waals surface area contributed by atoms with Gasteiger partial charge in [0, 0.05) is 6.54 Å². The first-order chi connectivity index (χ1) is 7.11. The summed E-state index contributed by atoms with van der Waals surface area (Å²) in [5, 5.41) is 0. The van der Waals surface area contributed by atoms with Crippen LogP contribution < -0.4 is 0 Å². The molecule has 0 spiro atoms. The number of hydrogen-bond acceptors (Lipinski definition) is 3. The molecule has 0 aromatic heterocycles. The summed E-state index contributed by atoms with van der Waals surface area (Å²) in [6, 6.07) is -0.380. The fourth-order valence-corrected chi connectivity index (χ4v) is 2.03. The Labute approximate surface area is 98.1 Å². The van der Waals surface area contributed by atoms with Gasteiger partial charge in [0.05, 0.1) is 11.9 Å². The molecule has 1 rings (SSSR count). The first-order valence-electron chi connectivity index (χ1n) is 5.14. The van der Waals surface area contributed by atoms with E-state index in [1.165, 1.54) is 7.11 Å². The average Bonchev–Trinajstić information content (AvgIpc) is 2.74. The van der Waals surface area contributed by atoms with E-state index in [-0.39, 0.29) is 22.7 Å². The molecular weight excluding hydrogens is 262 g/mol. The fourth-order valence-electron chi connectivity index (χ4n) is 1.77. The van der Waals surface area contributed by atoms with Crippen molar-refractivity contribution in [3.8, 4) is 0 Å². The van der Waals surface area contributed by atoms with Gasteiger partial charge in [-0.05, 0) is 19.3 Å². The van der Waals surface area contributed by atoms with Gasteiger partial charge in [-0.25, -0.2) is 4.79 Å². The first-order valence-corrected chi connectivity index (χ1v) is 6.05. The van der Waals surface area contributed by atoms with E-state index in [0.29, 0.717) is 13.0 Å². The van der Waals surface area contributed by atoms with Crippen LogP contribution in [-0.2, 0) is 14.3 Å². The smallest absolute Gasteiger partial charge is 0.328 e. The van der Waals surface area contributed by atoms with Crippen molar-refractivity contribution in [2.24, 2.45) is 0 Å². The molecule has 0 unspecified atom stereocenters. The van der Waals surface area contributed by atoms with Crippen LogP contribution in [0.5, 0.6) is 0 Å². The predicted octanol–water partition coefficient (Wildman–Crippen LogP) is 1.32. The van der Waals surface area contributed by atoms with Gasteiger partial charge in [0.2, 0.25) is 5.91 Å². The molecule has 1 heterocycles. The third-order valence-corrected chi connectivity index (χ3v) is 3.67. The van der Waals surface area contributed by atoms with Crippen LogP contribution in [0.1, 0.15) is 26.2 Å². The summed E-state index contributed by atoms with van der Waals surface area (Å²) in [7, 11) is 1.36. The van der Waals surface area contributed by atoms with Crippen molar-refractivity contribution in [1.29, 1.82) is 0 Å². The number of halogens is 1. The summed E-state index contributed by atoms with van der Waals surface area (Å²) in [6.45, 7) is 2.58. The van der Waals surface area contributed by atoms with Crippen molar-refractivity contribution in [1.82, 2.24) is 4.90 Å². The molecule has 1 saturated heterocycles. The number of amides is 1. The van der Waals surface area contributed by atoms with Crippen LogP contribution in [0.25, 0.3) is 0 Å². The van der Waals surface area contributed by atoms with Gasteiger partial charge in [0.1, 0.15) is 6.04 Å². The van der Waals surface area contributed by atoms with Gasteiger partial charge in [-0.15, -0.1) is 0 Å². The van der Waals surface area contributed by atoms with Crippen LogP contribution >= 0.6 is 15.9 Å². The summed E-state index contributed by atoms with van der Waals surface area (Å²) in [4.78, 5) is 24.7. The van der Waals surface area contributed by atoms with Crippen molar-refractivity contribution < 1.29 is 14.3 Å². The molecule has 5 heteroatoms. The zero-order valence-electron chi connectivity index (χ0n) is 9.03. The number of alkyl halides is 1. The third-order valence-electron chi connectivity index (χ3n) is 2.64. The highest BCUT2D eigenvalue weighted by Gasteiger charge is 2.36. The fraction of sp³-hybridized carbons (Fsp3) is 0.800. The van der Waals surface area contributed by atoms with E-state index in [1.807, 2.05) is 6.92 Å². The van der Waals surface area contributed by atoms with E-state index in [4.69, 9.17) is 0 Å². The molecule has 0 N–H and O–H groups in total. The molecule has 2 atom stereocenters. The number of hydrogen-bond donors (Lipinski definition) is 0. The van der Waals surface area contributed by atoms with Crippen LogP contribution in [0.15, 0.2) is 0 Å². The molecule has 0 radical (unpaired) electrons. The molecule has 1 aliphatic rings. The maximum Gasteiger partial charge on any atom is 0.328 e. The van der Waals surface area contributed by atoms with Gasteiger partial charge < -0.3 is 9.64 Å². The molecule has 1 fully saturated rings. The van der Waals surface area contributed by atoms with Crippen LogP contribution in [0.3, 0.4) is 0 Å². The number of carbonyl (C=O) groups is 2. The second-order valence-corrected chi connectivity index (χ2v) is 4.69. The standard InChI is InChI=1S/C10H16BrNO3/c1-3-7(11)9(13)12-6-4-5-8(12)10(14)15-2/h7-8H,3-6H2,1-2H3/t7-,8-/m0/s1. The molecule has 1 aliphatic heterocycles. The van der Waals surface area contributed by atoms with Gasteiger partial charge in [0.25, 0.3) is 0 Å². The lowest BCUT2D eigenvalue weighted by molar-refractivity contribution is -0.150. The molecule has 0 aromatic carbocycles. The number of methoxy groups -OCH3 is 1. The second-order valence-electron chi connectivity index (χ2n) is 3.59. The Bertz CT molecular complexity index is 257. The lowest BCUT2D eigenvalue weighted by Crippen LogP contribution is -2.44. The van der Waals surface area contributed by atoms with E-state index in [2.05, 4.69) is 20.7 Å². The lowest BCUT2D eigenvalue weighted by Gasteiger charge is -2.24. The van der Waals surface area contributed by atoms with Crippen molar-refractivity contribution in [2.75, 3.05) is 13.7 Å². The van der Waals surface area contributed by atoms with Crippen LogP contribution in [-0.4, -0.2) is 41.3 Å². The minimum atomic E-state index is -0.380. The first kappa shape index (κ1) is 12.5. The molecular formula is C10H16BrNO3. The zero-order chi connectivity index (χ0) is 11.4. The minimum absolute atomic E-state index is 0.00889. The van der Waals surface area contributed by atoms with Crippen LogP contribution in [0, 0.1) is 0 Å². The Hall–Kier alpha value is -0.580. The number of esters is 1. The summed E-state index contributed by atoms with van der Waals surface area (Å²) in [6.07, 6.45) is 2.31. The number of likely N-dealkylation sites (tertiary alicyclic amines) is 1. The third kappa shape index (κ3) is 2.71. The SMILES string of the molecule is CC[C@H](Br)C(=O)N1CCC[C@H]1C(=O)OC. The van der Waals surface area contributed by atoms with Crippen LogP contribution in [0.4, 0.5) is 0 Å². The van der Waals surface area contributed by atoms with Crippen molar-refractivity contribution in [2.45, 2.75) is 37.1 Å². The number of carbonyl (C=O) groups excluding carboxylic acids is 2. The van der Waals surface area contributed by atoms with E-state index < -0.39 is 0 Å². The van der Waals surface area contributed by atoms with Gasteiger partial charge in [-0.3, -0.25) is 4.79 Å². The highest BCUT2D eigenvalue weighted by molar-refractivity contribution is 9.10. The van der Waals surface area contributed by atoms with E-state index in [9.17, 15) is 9.59 Å². The minimum Gasteiger partial charge on any atom is -0.467 e. The predicted molar refractivity (Wildman–Crippen MR) is 59.8 cm³/mol. The highest BCUT2D eigenvalue weighted by Crippen LogP contribution is 2.21. The average molecular weight is 278 g/mol. The van der Waals surface area contributed by atoms with Crippen molar-refractivity contribution in [3.05, 3.63) is 0 Å². The Morgan fingerprint density at radius 3 is 2.80 bits per heavy atom. The zero-order valence-corrected chi connectivity index (χ0v) is 10.6. The summed E-state index contributed by atoms with van der Waals surface area (Å²) >= 11 is 3.31. The molecule has 86 valence electrons. The van der Waals surface area contributed by atoms with Crippen LogP contribution in [0.2, 0.25) is 0 Å². The number of rotatable bonds is 3. The maximum atomic E-state index is 11.9. The van der Waals surface area contributed by atoms with E-state index >= 15 is 0 Å². The van der Waals surface area contributed by atoms with Gasteiger partial charge in [-0.1, -0.05) is 22.9 Å². The molecule has 0 aromatic rings. The quantitative estimate of drug-likeness (QED) is 0.578. The highest BCUT2D eigenvalue weighted by atomic mass is 79.9. The van der Waals surface area contributed by atoms with Gasteiger partial charge >= 0.3 is 5.97 Å². The Morgan fingerprint density at radius 1 is 1.60 bits per heavy atom. The summed E-state index contributed by atoms with van der Waals surface area (Å²) in [5.74, 6) is -0.318. The second kappa shape index (κ2) is 5.49. The van der Waals surface area contributed by atoms with E-state index in [1.54, 1.807) is 4.90 Å². The maximum absolute atomic E-state index is 11.9. The number of nitrogens with zero attached hydrogens (tertiary/aromatic N) is 1. The largest absolute Gasteiger partial charge is 0.467 e. The Balaban J connectivity index is 2.68. The van der Waals surface area contributed by atoms with Gasteiger partial charge in [-0.2, -0.15) is 0 Å². The molecule has 0 aliphatic carbocycles. The molecule has 1 amide bonds. The topological polar surface area (TPSA) is 46.6 Å². The Kier molecular flexibility index (Phi) is 4.57. The molecule has 0 saturated carbocycles. The summed E-state index contributed by atoms with van der Waals surface area (Å²) in [5.41, 5.74) is 0. The molecule has 15 heavy (non-hydrogen) atoms. The molecule has 4 nitrogen and oxygen atoms in total. The van der Waals surface area contributed by atoms with E-state index in [0.717, 1.165) is 12.8 Å². The monoisotopic (exact) mass is 277 g/mol. The van der Waals surface area contributed by atoms with Crippen molar-refractivity contribution in [3.63, 3.8) is 0 Å².